The van der Waals surface area contributed by atoms with Gasteiger partial charge in [-0.05, 0) is 36.2 Å². The van der Waals surface area contributed by atoms with Gasteiger partial charge in [0.25, 0.3) is 5.91 Å². The number of rotatable bonds is 3. The van der Waals surface area contributed by atoms with Crippen LogP contribution in [0.4, 0.5) is 0 Å². The molecule has 0 N–H and O–H groups in total. The van der Waals surface area contributed by atoms with Gasteiger partial charge in [0.2, 0.25) is 12.7 Å². The minimum atomic E-state index is -0.0116. The summed E-state index contributed by atoms with van der Waals surface area (Å²) in [5.41, 5.74) is 1.53. The van der Waals surface area contributed by atoms with Crippen molar-refractivity contribution in [3.63, 3.8) is 0 Å². The van der Waals surface area contributed by atoms with Crippen molar-refractivity contribution in [3.8, 4) is 11.5 Å². The van der Waals surface area contributed by atoms with Crippen LogP contribution in [0.15, 0.2) is 42.7 Å². The van der Waals surface area contributed by atoms with Crippen molar-refractivity contribution < 1.29 is 19.1 Å². The van der Waals surface area contributed by atoms with Crippen LogP contribution in [0.1, 0.15) is 22.3 Å². The average molecular weight is 367 g/mol. The lowest BCUT2D eigenvalue weighted by Crippen LogP contribution is -2.38. The Labute approximate surface area is 157 Å². The maximum Gasteiger partial charge on any atom is 0.254 e. The maximum atomic E-state index is 12.7. The molecule has 0 atom stereocenters. The summed E-state index contributed by atoms with van der Waals surface area (Å²) in [6.45, 7) is 2.60. The monoisotopic (exact) mass is 367 g/mol. The summed E-state index contributed by atoms with van der Waals surface area (Å²) < 4.78 is 10.7. The third kappa shape index (κ3) is 3.86. The van der Waals surface area contributed by atoms with Crippen LogP contribution in [-0.2, 0) is 11.2 Å². The Morgan fingerprint density at radius 1 is 0.926 bits per heavy atom. The number of benzene rings is 1. The Hall–Kier alpha value is -3.09. The van der Waals surface area contributed by atoms with Crippen LogP contribution >= 0.6 is 0 Å². The molecule has 2 aliphatic heterocycles. The Kier molecular flexibility index (Phi) is 4.91. The normalized spacial score (nSPS) is 16.1. The second-order valence-electron chi connectivity index (χ2n) is 6.63. The van der Waals surface area contributed by atoms with E-state index in [1.54, 1.807) is 24.5 Å². The largest absolute Gasteiger partial charge is 0.454 e. The Balaban J connectivity index is 1.36. The summed E-state index contributed by atoms with van der Waals surface area (Å²) >= 11 is 0. The van der Waals surface area contributed by atoms with E-state index in [4.69, 9.17) is 9.47 Å². The van der Waals surface area contributed by atoms with Crippen LogP contribution in [0.5, 0.6) is 11.5 Å². The molecule has 27 heavy (non-hydrogen) atoms. The van der Waals surface area contributed by atoms with Crippen LogP contribution in [-0.4, -0.2) is 59.6 Å². The number of carbonyl (C=O) groups is 2. The van der Waals surface area contributed by atoms with Crippen LogP contribution in [0.3, 0.4) is 0 Å². The van der Waals surface area contributed by atoms with Crippen molar-refractivity contribution in [1.29, 1.82) is 0 Å². The van der Waals surface area contributed by atoms with Crippen molar-refractivity contribution in [3.05, 3.63) is 53.9 Å². The minimum absolute atomic E-state index is 0.0116. The predicted molar refractivity (Wildman–Crippen MR) is 97.6 cm³/mol. The molecule has 1 fully saturated rings. The van der Waals surface area contributed by atoms with Crippen LogP contribution in [0, 0.1) is 0 Å². The van der Waals surface area contributed by atoms with Gasteiger partial charge in [0, 0.05) is 44.1 Å². The van der Waals surface area contributed by atoms with Gasteiger partial charge in [0.05, 0.1) is 6.42 Å². The lowest BCUT2D eigenvalue weighted by atomic mass is 10.1. The molecule has 2 aromatic rings. The fourth-order valence-electron chi connectivity index (χ4n) is 3.38. The van der Waals surface area contributed by atoms with Crippen LogP contribution in [0.2, 0.25) is 0 Å². The molecule has 0 saturated carbocycles. The van der Waals surface area contributed by atoms with Crippen LogP contribution in [0.25, 0.3) is 0 Å². The summed E-state index contributed by atoms with van der Waals surface area (Å²) in [6, 6.07) is 9.02. The second-order valence-corrected chi connectivity index (χ2v) is 6.63. The molecular formula is C20H21N3O4. The number of fused-ring (bicyclic) bond motifs is 1. The number of ether oxygens (including phenoxy) is 2. The number of pyridine rings is 1. The molecular weight excluding hydrogens is 346 g/mol. The zero-order valence-corrected chi connectivity index (χ0v) is 15.0. The molecule has 2 amide bonds. The molecule has 4 rings (SSSR count). The summed E-state index contributed by atoms with van der Waals surface area (Å²) in [6.07, 6.45) is 4.32. The fraction of sp³-hybridized carbons (Fsp3) is 0.350. The number of amides is 2. The Morgan fingerprint density at radius 3 is 2.52 bits per heavy atom. The van der Waals surface area contributed by atoms with Crippen molar-refractivity contribution in [2.75, 3.05) is 33.0 Å². The number of carbonyl (C=O) groups excluding carboxylic acids is 2. The van der Waals surface area contributed by atoms with Crippen molar-refractivity contribution in [2.24, 2.45) is 0 Å². The fourth-order valence-corrected chi connectivity index (χ4v) is 3.38. The topological polar surface area (TPSA) is 72.0 Å². The van der Waals surface area contributed by atoms with E-state index in [9.17, 15) is 9.59 Å². The highest BCUT2D eigenvalue weighted by molar-refractivity contribution is 5.94. The quantitative estimate of drug-likeness (QED) is 0.826. The van der Waals surface area contributed by atoms with Crippen molar-refractivity contribution >= 4 is 11.8 Å². The zero-order chi connectivity index (χ0) is 18.6. The minimum Gasteiger partial charge on any atom is -0.454 e. The molecule has 7 heteroatoms. The van der Waals surface area contributed by atoms with Gasteiger partial charge in [-0.25, -0.2) is 0 Å². The number of aromatic nitrogens is 1. The molecule has 3 heterocycles. The number of hydrogen-bond acceptors (Lipinski definition) is 5. The third-order valence-corrected chi connectivity index (χ3v) is 4.86. The predicted octanol–water partition coefficient (Wildman–Crippen LogP) is 1.73. The Bertz CT molecular complexity index is 840. The Morgan fingerprint density at radius 2 is 1.67 bits per heavy atom. The zero-order valence-electron chi connectivity index (χ0n) is 15.0. The molecule has 2 aliphatic rings. The highest BCUT2D eigenvalue weighted by atomic mass is 16.7. The standard InChI is InChI=1S/C20H21N3O4/c24-19(13-15-2-3-17-18(12-15)27-14-26-17)22-8-1-9-23(11-10-22)20(25)16-4-6-21-7-5-16/h2-7,12H,1,8-11,13-14H2. The molecule has 140 valence electrons. The molecule has 0 aliphatic carbocycles. The molecule has 1 saturated heterocycles. The second kappa shape index (κ2) is 7.65. The molecule has 0 radical (unpaired) electrons. The molecule has 0 unspecified atom stereocenters. The van der Waals surface area contributed by atoms with Gasteiger partial charge in [0.15, 0.2) is 11.5 Å². The van der Waals surface area contributed by atoms with E-state index in [1.807, 2.05) is 28.0 Å². The molecule has 7 nitrogen and oxygen atoms in total. The summed E-state index contributed by atoms with van der Waals surface area (Å²) in [4.78, 5) is 32.9. The van der Waals surface area contributed by atoms with E-state index >= 15 is 0 Å². The van der Waals surface area contributed by atoms with Crippen LogP contribution < -0.4 is 9.47 Å². The number of hydrogen-bond donors (Lipinski definition) is 0. The van der Waals surface area contributed by atoms with Gasteiger partial charge >= 0.3 is 0 Å². The molecule has 1 aromatic carbocycles. The van der Waals surface area contributed by atoms with E-state index in [0.717, 1.165) is 12.0 Å². The summed E-state index contributed by atoms with van der Waals surface area (Å²) in [5.74, 6) is 1.45. The smallest absolute Gasteiger partial charge is 0.254 e. The van der Waals surface area contributed by atoms with Crippen molar-refractivity contribution in [2.45, 2.75) is 12.8 Å². The van der Waals surface area contributed by atoms with Gasteiger partial charge in [-0.2, -0.15) is 0 Å². The highest BCUT2D eigenvalue weighted by Gasteiger charge is 2.23. The van der Waals surface area contributed by atoms with E-state index in [2.05, 4.69) is 4.98 Å². The van der Waals surface area contributed by atoms with Crippen molar-refractivity contribution in [1.82, 2.24) is 14.8 Å². The summed E-state index contributed by atoms with van der Waals surface area (Å²) in [7, 11) is 0. The van der Waals surface area contributed by atoms with Gasteiger partial charge < -0.3 is 19.3 Å². The molecule has 1 aromatic heterocycles. The molecule has 0 bridgehead atoms. The maximum absolute atomic E-state index is 12.7. The van der Waals surface area contributed by atoms with Gasteiger partial charge in [-0.1, -0.05) is 6.07 Å². The van der Waals surface area contributed by atoms with E-state index < -0.39 is 0 Å². The van der Waals surface area contributed by atoms with E-state index in [0.29, 0.717) is 49.7 Å². The third-order valence-electron chi connectivity index (χ3n) is 4.86. The number of nitrogens with zero attached hydrogens (tertiary/aromatic N) is 3. The van der Waals surface area contributed by atoms with E-state index in [1.165, 1.54) is 0 Å². The first-order valence-electron chi connectivity index (χ1n) is 9.06. The summed E-state index contributed by atoms with van der Waals surface area (Å²) in [5, 5.41) is 0. The first kappa shape index (κ1) is 17.3. The first-order valence-corrected chi connectivity index (χ1v) is 9.06. The molecule has 0 spiro atoms. The first-order chi connectivity index (χ1) is 13.2. The van der Waals surface area contributed by atoms with Gasteiger partial charge in [-0.15, -0.1) is 0 Å². The highest BCUT2D eigenvalue weighted by Crippen LogP contribution is 2.32. The van der Waals surface area contributed by atoms with Gasteiger partial charge in [0.1, 0.15) is 0 Å². The lowest BCUT2D eigenvalue weighted by molar-refractivity contribution is -0.130. The lowest BCUT2D eigenvalue weighted by Gasteiger charge is -2.22. The van der Waals surface area contributed by atoms with E-state index in [-0.39, 0.29) is 18.6 Å². The van der Waals surface area contributed by atoms with Gasteiger partial charge in [-0.3, -0.25) is 14.6 Å². The average Bonchev–Trinajstić information content (AvgIpc) is 3.02. The SMILES string of the molecule is O=C(Cc1ccc2c(c1)OCO2)N1CCCN(C(=O)c2ccncc2)CC1.